The van der Waals surface area contributed by atoms with Crippen LogP contribution in [0.25, 0.3) is 0 Å². The van der Waals surface area contributed by atoms with Crippen LogP contribution in [0.15, 0.2) is 42.6 Å². The molecule has 2 rings (SSSR count). The third-order valence-corrected chi connectivity index (χ3v) is 3.76. The van der Waals surface area contributed by atoms with Gasteiger partial charge in [-0.05, 0) is 57.2 Å². The van der Waals surface area contributed by atoms with E-state index in [0.29, 0.717) is 5.56 Å². The van der Waals surface area contributed by atoms with E-state index >= 15 is 0 Å². The fourth-order valence-electron chi connectivity index (χ4n) is 2.39. The van der Waals surface area contributed by atoms with Gasteiger partial charge in [0, 0.05) is 18.4 Å². The summed E-state index contributed by atoms with van der Waals surface area (Å²) in [4.78, 5) is 18.8. The van der Waals surface area contributed by atoms with Crippen molar-refractivity contribution < 1.29 is 4.79 Å². The van der Waals surface area contributed by atoms with Gasteiger partial charge in [-0.15, -0.1) is 0 Å². The van der Waals surface area contributed by atoms with E-state index < -0.39 is 0 Å². The molecule has 0 bridgehead atoms. The Kier molecular flexibility index (Phi) is 6.75. The Labute approximate surface area is 144 Å². The Morgan fingerprint density at radius 2 is 1.96 bits per heavy atom. The minimum Gasteiger partial charge on any atom is -0.370 e. The number of benzene rings is 1. The molecule has 5 nitrogen and oxygen atoms in total. The van der Waals surface area contributed by atoms with Gasteiger partial charge in [-0.25, -0.2) is 4.98 Å². The van der Waals surface area contributed by atoms with Gasteiger partial charge < -0.3 is 15.5 Å². The molecule has 1 heterocycles. The molecule has 0 fully saturated rings. The van der Waals surface area contributed by atoms with Gasteiger partial charge in [-0.3, -0.25) is 4.79 Å². The van der Waals surface area contributed by atoms with Crippen LogP contribution >= 0.6 is 0 Å². The Hall–Kier alpha value is -2.40. The van der Waals surface area contributed by atoms with E-state index in [9.17, 15) is 4.79 Å². The zero-order valence-electron chi connectivity index (χ0n) is 14.7. The molecule has 0 spiro atoms. The maximum absolute atomic E-state index is 12.4. The highest BCUT2D eigenvalue weighted by molar-refractivity contribution is 6.04. The zero-order chi connectivity index (χ0) is 17.4. The first kappa shape index (κ1) is 17.9. The SMILES string of the molecule is CCc1ccccc1NC(=O)c1ccc(NCCCN(C)C)nc1. The molecule has 0 aliphatic carbocycles. The van der Waals surface area contributed by atoms with Gasteiger partial charge in [0.05, 0.1) is 5.56 Å². The average molecular weight is 326 g/mol. The Morgan fingerprint density at radius 1 is 1.17 bits per heavy atom. The molecule has 24 heavy (non-hydrogen) atoms. The summed E-state index contributed by atoms with van der Waals surface area (Å²) in [5.41, 5.74) is 2.54. The van der Waals surface area contributed by atoms with Crippen molar-refractivity contribution in [3.63, 3.8) is 0 Å². The van der Waals surface area contributed by atoms with Crippen LogP contribution in [0, 0.1) is 0 Å². The quantitative estimate of drug-likeness (QED) is 0.731. The summed E-state index contributed by atoms with van der Waals surface area (Å²) in [6.45, 7) is 3.97. The first-order valence-corrected chi connectivity index (χ1v) is 8.34. The molecule has 1 aromatic carbocycles. The van der Waals surface area contributed by atoms with E-state index in [-0.39, 0.29) is 5.91 Å². The topological polar surface area (TPSA) is 57.3 Å². The second kappa shape index (κ2) is 9.03. The third-order valence-electron chi connectivity index (χ3n) is 3.76. The summed E-state index contributed by atoms with van der Waals surface area (Å²) in [5.74, 6) is 0.654. The minimum atomic E-state index is -0.137. The largest absolute Gasteiger partial charge is 0.370 e. The molecule has 1 aromatic heterocycles. The van der Waals surface area contributed by atoms with Crippen LogP contribution in [0.2, 0.25) is 0 Å². The normalized spacial score (nSPS) is 10.7. The van der Waals surface area contributed by atoms with Crippen LogP contribution in [-0.2, 0) is 6.42 Å². The number of hydrogen-bond donors (Lipinski definition) is 2. The van der Waals surface area contributed by atoms with Crippen LogP contribution < -0.4 is 10.6 Å². The Bertz CT molecular complexity index is 653. The number of carbonyl (C=O) groups excluding carboxylic acids is 1. The summed E-state index contributed by atoms with van der Waals surface area (Å²) in [6, 6.07) is 11.5. The number of nitrogens with zero attached hydrogens (tertiary/aromatic N) is 2. The number of para-hydroxylation sites is 1. The molecule has 0 unspecified atom stereocenters. The predicted octanol–water partition coefficient (Wildman–Crippen LogP) is 3.26. The molecule has 0 saturated carbocycles. The average Bonchev–Trinajstić information content (AvgIpc) is 2.59. The van der Waals surface area contributed by atoms with Crippen molar-refractivity contribution in [3.05, 3.63) is 53.7 Å². The summed E-state index contributed by atoms with van der Waals surface area (Å²) in [7, 11) is 4.12. The lowest BCUT2D eigenvalue weighted by Crippen LogP contribution is -2.17. The fraction of sp³-hybridized carbons (Fsp3) is 0.368. The van der Waals surface area contributed by atoms with E-state index in [2.05, 4.69) is 41.5 Å². The maximum Gasteiger partial charge on any atom is 0.257 e. The zero-order valence-corrected chi connectivity index (χ0v) is 14.7. The van der Waals surface area contributed by atoms with E-state index in [1.807, 2.05) is 30.3 Å². The number of rotatable bonds is 8. The van der Waals surface area contributed by atoms with Gasteiger partial charge >= 0.3 is 0 Å². The van der Waals surface area contributed by atoms with Crippen molar-refractivity contribution in [2.45, 2.75) is 19.8 Å². The molecule has 128 valence electrons. The first-order valence-electron chi connectivity index (χ1n) is 8.34. The second-order valence-electron chi connectivity index (χ2n) is 5.98. The monoisotopic (exact) mass is 326 g/mol. The fourth-order valence-corrected chi connectivity index (χ4v) is 2.39. The summed E-state index contributed by atoms with van der Waals surface area (Å²) in [6.07, 6.45) is 3.54. The standard InChI is InChI=1S/C19H26N4O/c1-4-15-8-5-6-9-17(15)22-19(24)16-10-11-18(21-14-16)20-12-7-13-23(2)3/h5-6,8-11,14H,4,7,12-13H2,1-3H3,(H,20,21)(H,22,24). The molecule has 0 radical (unpaired) electrons. The number of nitrogens with one attached hydrogen (secondary N) is 2. The van der Waals surface area contributed by atoms with Crippen LogP contribution in [0.3, 0.4) is 0 Å². The van der Waals surface area contributed by atoms with Crippen molar-refractivity contribution in [2.24, 2.45) is 0 Å². The van der Waals surface area contributed by atoms with Crippen LogP contribution in [0.5, 0.6) is 0 Å². The van der Waals surface area contributed by atoms with Crippen molar-refractivity contribution in [2.75, 3.05) is 37.8 Å². The highest BCUT2D eigenvalue weighted by Gasteiger charge is 2.08. The smallest absolute Gasteiger partial charge is 0.257 e. The molecule has 1 amide bonds. The van der Waals surface area contributed by atoms with E-state index in [4.69, 9.17) is 0 Å². The number of carbonyl (C=O) groups is 1. The molecule has 0 aliphatic rings. The van der Waals surface area contributed by atoms with Crippen molar-refractivity contribution >= 4 is 17.4 Å². The van der Waals surface area contributed by atoms with Crippen molar-refractivity contribution in [1.29, 1.82) is 0 Å². The van der Waals surface area contributed by atoms with Crippen molar-refractivity contribution in [1.82, 2.24) is 9.88 Å². The predicted molar refractivity (Wildman–Crippen MR) is 99.7 cm³/mol. The molecule has 2 N–H and O–H groups in total. The highest BCUT2D eigenvalue weighted by Crippen LogP contribution is 2.16. The second-order valence-corrected chi connectivity index (χ2v) is 5.98. The third kappa shape index (κ3) is 5.35. The van der Waals surface area contributed by atoms with Crippen LogP contribution in [0.4, 0.5) is 11.5 Å². The van der Waals surface area contributed by atoms with E-state index in [1.165, 1.54) is 0 Å². The molecular formula is C19H26N4O. The lowest BCUT2D eigenvalue weighted by Gasteiger charge is -2.11. The van der Waals surface area contributed by atoms with Crippen LogP contribution in [0.1, 0.15) is 29.3 Å². The number of hydrogen-bond acceptors (Lipinski definition) is 4. The number of aromatic nitrogens is 1. The van der Waals surface area contributed by atoms with Gasteiger partial charge in [0.2, 0.25) is 0 Å². The highest BCUT2D eigenvalue weighted by atomic mass is 16.1. The van der Waals surface area contributed by atoms with Crippen LogP contribution in [-0.4, -0.2) is 43.0 Å². The maximum atomic E-state index is 12.4. The van der Waals surface area contributed by atoms with Gasteiger partial charge in [0.15, 0.2) is 0 Å². The van der Waals surface area contributed by atoms with Gasteiger partial charge in [-0.1, -0.05) is 25.1 Å². The minimum absolute atomic E-state index is 0.137. The molecule has 0 atom stereocenters. The lowest BCUT2D eigenvalue weighted by atomic mass is 10.1. The molecule has 5 heteroatoms. The molecule has 2 aromatic rings. The van der Waals surface area contributed by atoms with Crippen molar-refractivity contribution in [3.8, 4) is 0 Å². The summed E-state index contributed by atoms with van der Waals surface area (Å²) >= 11 is 0. The number of pyridine rings is 1. The Morgan fingerprint density at radius 3 is 2.62 bits per heavy atom. The molecule has 0 aliphatic heterocycles. The van der Waals surface area contributed by atoms with Gasteiger partial charge in [-0.2, -0.15) is 0 Å². The first-order chi connectivity index (χ1) is 11.6. The summed E-state index contributed by atoms with van der Waals surface area (Å²) in [5, 5.41) is 6.22. The lowest BCUT2D eigenvalue weighted by molar-refractivity contribution is 0.102. The number of aryl methyl sites for hydroxylation is 1. The van der Waals surface area contributed by atoms with Gasteiger partial charge in [0.1, 0.15) is 5.82 Å². The van der Waals surface area contributed by atoms with E-state index in [1.54, 1.807) is 12.3 Å². The number of amides is 1. The van der Waals surface area contributed by atoms with Gasteiger partial charge in [0.25, 0.3) is 5.91 Å². The number of anilines is 2. The molecule has 0 saturated heterocycles. The Balaban J connectivity index is 1.91. The van der Waals surface area contributed by atoms with E-state index in [0.717, 1.165) is 43.0 Å². The molecular weight excluding hydrogens is 300 g/mol. The summed E-state index contributed by atoms with van der Waals surface area (Å²) < 4.78 is 0.